The van der Waals surface area contributed by atoms with Gasteiger partial charge in [-0.2, -0.15) is 0 Å². The van der Waals surface area contributed by atoms with Crippen molar-refractivity contribution >= 4 is 0 Å². The summed E-state index contributed by atoms with van der Waals surface area (Å²) in [5.41, 5.74) is 2.69. The molecule has 0 atom stereocenters. The van der Waals surface area contributed by atoms with Crippen LogP contribution in [0.25, 0.3) is 0 Å². The average molecular weight is 341 g/mol. The largest absolute Gasteiger partial charge is 0.490 e. The molecule has 0 saturated heterocycles. The number of hydrogen-bond donors (Lipinski definition) is 0. The third kappa shape index (κ3) is 6.45. The second kappa shape index (κ2) is 10.1. The summed E-state index contributed by atoms with van der Waals surface area (Å²) < 4.78 is 11.6. The standard InChI is InChI=1S/C23H32O2/c1-5-19(6-2)16-20-10-12-22(13-11-20)24-14-15-25-23-9-7-8-21(17-23)18(3)4/h7-13,17-19H,5-6,14-16H2,1-4H3. The summed E-state index contributed by atoms with van der Waals surface area (Å²) in [5.74, 6) is 3.11. The van der Waals surface area contributed by atoms with Gasteiger partial charge in [0.25, 0.3) is 0 Å². The molecular weight excluding hydrogens is 308 g/mol. The first-order chi connectivity index (χ1) is 12.1. The van der Waals surface area contributed by atoms with Gasteiger partial charge in [0.15, 0.2) is 0 Å². The Bertz CT molecular complexity index is 612. The lowest BCUT2D eigenvalue weighted by Gasteiger charge is -2.13. The number of hydrogen-bond acceptors (Lipinski definition) is 2. The molecular formula is C23H32O2. The lowest BCUT2D eigenvalue weighted by Crippen LogP contribution is -2.09. The number of benzene rings is 2. The van der Waals surface area contributed by atoms with Crippen molar-refractivity contribution in [2.45, 2.75) is 52.9 Å². The zero-order chi connectivity index (χ0) is 18.1. The Morgan fingerprint density at radius 3 is 2.04 bits per heavy atom. The van der Waals surface area contributed by atoms with Gasteiger partial charge in [0, 0.05) is 0 Å². The van der Waals surface area contributed by atoms with Gasteiger partial charge in [-0.3, -0.25) is 0 Å². The Hall–Kier alpha value is -1.96. The molecule has 2 heteroatoms. The highest BCUT2D eigenvalue weighted by Crippen LogP contribution is 2.21. The van der Waals surface area contributed by atoms with E-state index in [0.717, 1.165) is 23.8 Å². The summed E-state index contributed by atoms with van der Waals surface area (Å²) in [6.07, 6.45) is 3.64. The van der Waals surface area contributed by atoms with Gasteiger partial charge in [-0.25, -0.2) is 0 Å². The molecule has 25 heavy (non-hydrogen) atoms. The first-order valence-corrected chi connectivity index (χ1v) is 9.56. The fraction of sp³-hybridized carbons (Fsp3) is 0.478. The molecule has 0 aliphatic rings. The Morgan fingerprint density at radius 2 is 1.44 bits per heavy atom. The summed E-state index contributed by atoms with van der Waals surface area (Å²) in [6, 6.07) is 16.8. The summed E-state index contributed by atoms with van der Waals surface area (Å²) in [5, 5.41) is 0. The van der Waals surface area contributed by atoms with Crippen molar-refractivity contribution in [1.82, 2.24) is 0 Å². The van der Waals surface area contributed by atoms with Crippen LogP contribution >= 0.6 is 0 Å². The topological polar surface area (TPSA) is 18.5 Å². The van der Waals surface area contributed by atoms with Crippen molar-refractivity contribution in [2.75, 3.05) is 13.2 Å². The summed E-state index contributed by atoms with van der Waals surface area (Å²) in [6.45, 7) is 10.0. The van der Waals surface area contributed by atoms with Crippen molar-refractivity contribution < 1.29 is 9.47 Å². The quantitative estimate of drug-likeness (QED) is 0.476. The van der Waals surface area contributed by atoms with E-state index in [-0.39, 0.29) is 0 Å². The Morgan fingerprint density at radius 1 is 0.800 bits per heavy atom. The van der Waals surface area contributed by atoms with Crippen LogP contribution in [0, 0.1) is 5.92 Å². The van der Waals surface area contributed by atoms with E-state index in [4.69, 9.17) is 9.47 Å². The minimum atomic E-state index is 0.512. The van der Waals surface area contributed by atoms with Gasteiger partial charge in [0.2, 0.25) is 0 Å². The minimum absolute atomic E-state index is 0.512. The maximum Gasteiger partial charge on any atom is 0.122 e. The molecule has 0 N–H and O–H groups in total. The van der Waals surface area contributed by atoms with E-state index in [1.54, 1.807) is 0 Å². The van der Waals surface area contributed by atoms with Crippen LogP contribution in [0.1, 0.15) is 57.6 Å². The molecule has 136 valence electrons. The number of rotatable bonds is 10. The third-order valence-electron chi connectivity index (χ3n) is 4.75. The molecule has 0 aromatic heterocycles. The zero-order valence-corrected chi connectivity index (χ0v) is 16.1. The molecule has 2 aromatic carbocycles. The van der Waals surface area contributed by atoms with Crippen molar-refractivity contribution in [3.05, 3.63) is 59.7 Å². The lowest BCUT2D eigenvalue weighted by molar-refractivity contribution is 0.217. The monoisotopic (exact) mass is 340 g/mol. The van der Waals surface area contributed by atoms with E-state index in [9.17, 15) is 0 Å². The predicted molar refractivity (Wildman–Crippen MR) is 106 cm³/mol. The average Bonchev–Trinajstić information content (AvgIpc) is 2.64. The fourth-order valence-corrected chi connectivity index (χ4v) is 2.91. The molecule has 0 unspecified atom stereocenters. The van der Waals surface area contributed by atoms with Crippen molar-refractivity contribution in [2.24, 2.45) is 5.92 Å². The van der Waals surface area contributed by atoms with E-state index in [1.807, 2.05) is 12.1 Å². The van der Waals surface area contributed by atoms with E-state index in [2.05, 4.69) is 64.1 Å². The van der Waals surface area contributed by atoms with Gasteiger partial charge in [0.1, 0.15) is 24.7 Å². The molecule has 0 fully saturated rings. The molecule has 0 bridgehead atoms. The van der Waals surface area contributed by atoms with Crippen LogP contribution in [0.4, 0.5) is 0 Å². The maximum atomic E-state index is 5.80. The highest BCUT2D eigenvalue weighted by atomic mass is 16.5. The molecule has 0 radical (unpaired) electrons. The van der Waals surface area contributed by atoms with Crippen molar-refractivity contribution in [3.8, 4) is 11.5 Å². The smallest absolute Gasteiger partial charge is 0.122 e. The molecule has 2 aromatic rings. The molecule has 0 saturated carbocycles. The normalized spacial score (nSPS) is 11.1. The predicted octanol–water partition coefficient (Wildman–Crippen LogP) is 6.25. The van der Waals surface area contributed by atoms with Crippen LogP contribution in [0.15, 0.2) is 48.5 Å². The fourth-order valence-electron chi connectivity index (χ4n) is 2.91. The van der Waals surface area contributed by atoms with Crippen molar-refractivity contribution in [3.63, 3.8) is 0 Å². The highest BCUT2D eigenvalue weighted by molar-refractivity contribution is 5.30. The summed E-state index contributed by atoms with van der Waals surface area (Å²) >= 11 is 0. The van der Waals surface area contributed by atoms with Crippen LogP contribution in [-0.2, 0) is 6.42 Å². The summed E-state index contributed by atoms with van der Waals surface area (Å²) in [7, 11) is 0. The molecule has 0 spiro atoms. The SMILES string of the molecule is CCC(CC)Cc1ccc(OCCOc2cccc(C(C)C)c2)cc1. The first-order valence-electron chi connectivity index (χ1n) is 9.56. The van der Waals surface area contributed by atoms with Crippen molar-refractivity contribution in [1.29, 1.82) is 0 Å². The van der Waals surface area contributed by atoms with E-state index in [1.165, 1.54) is 24.0 Å². The molecule has 2 nitrogen and oxygen atoms in total. The summed E-state index contributed by atoms with van der Waals surface area (Å²) in [4.78, 5) is 0. The van der Waals surface area contributed by atoms with Gasteiger partial charge in [-0.15, -0.1) is 0 Å². The van der Waals surface area contributed by atoms with Gasteiger partial charge >= 0.3 is 0 Å². The van der Waals surface area contributed by atoms with Crippen LogP contribution in [0.3, 0.4) is 0 Å². The maximum absolute atomic E-state index is 5.80. The lowest BCUT2D eigenvalue weighted by atomic mass is 9.95. The molecule has 0 aliphatic carbocycles. The molecule has 0 heterocycles. The first kappa shape index (κ1) is 19.4. The highest BCUT2D eigenvalue weighted by Gasteiger charge is 2.05. The van der Waals surface area contributed by atoms with E-state index >= 15 is 0 Å². The van der Waals surface area contributed by atoms with Gasteiger partial charge in [0.05, 0.1) is 0 Å². The molecule has 2 rings (SSSR count). The molecule has 0 aliphatic heterocycles. The van der Waals surface area contributed by atoms with Gasteiger partial charge in [-0.05, 0) is 53.6 Å². The third-order valence-corrected chi connectivity index (χ3v) is 4.75. The number of ether oxygens (including phenoxy) is 2. The minimum Gasteiger partial charge on any atom is -0.490 e. The Balaban J connectivity index is 1.75. The second-order valence-corrected chi connectivity index (χ2v) is 6.95. The van der Waals surface area contributed by atoms with Crippen LogP contribution in [0.5, 0.6) is 11.5 Å². The van der Waals surface area contributed by atoms with Crippen LogP contribution in [0.2, 0.25) is 0 Å². The molecule has 0 amide bonds. The van der Waals surface area contributed by atoms with Crippen LogP contribution < -0.4 is 9.47 Å². The van der Waals surface area contributed by atoms with Crippen LogP contribution in [-0.4, -0.2) is 13.2 Å². The van der Waals surface area contributed by atoms with Gasteiger partial charge < -0.3 is 9.47 Å². The van der Waals surface area contributed by atoms with Gasteiger partial charge in [-0.1, -0.05) is 64.8 Å². The zero-order valence-electron chi connectivity index (χ0n) is 16.1. The Kier molecular flexibility index (Phi) is 7.84. The van der Waals surface area contributed by atoms with E-state index in [0.29, 0.717) is 19.1 Å². The Labute approximate surface area is 153 Å². The second-order valence-electron chi connectivity index (χ2n) is 6.95. The van der Waals surface area contributed by atoms with E-state index < -0.39 is 0 Å².